The van der Waals surface area contributed by atoms with Crippen molar-refractivity contribution in [2.75, 3.05) is 25.2 Å². The summed E-state index contributed by atoms with van der Waals surface area (Å²) in [4.78, 5) is 26.0. The van der Waals surface area contributed by atoms with Crippen LogP contribution in [0.25, 0.3) is 0 Å². The van der Waals surface area contributed by atoms with Gasteiger partial charge in [0.25, 0.3) is 5.91 Å². The molecule has 2 aromatic carbocycles. The van der Waals surface area contributed by atoms with Gasteiger partial charge in [-0.1, -0.05) is 19.9 Å². The standard InChI is InChI=1S/C24H30N2O4/c1-16(2)10-12-30-22-8-5-18(13-23(22)29-4)15-25-24(28)20-6-7-21-19(14-20)9-11-26(21)17(3)27/h5-8,13-14,16H,9-12,15H2,1-4H3,(H,25,28). The normalized spacial score (nSPS) is 12.6. The fourth-order valence-corrected chi connectivity index (χ4v) is 3.50. The molecule has 160 valence electrons. The molecule has 2 amide bonds. The van der Waals surface area contributed by atoms with E-state index in [1.807, 2.05) is 30.3 Å². The Hall–Kier alpha value is -3.02. The summed E-state index contributed by atoms with van der Waals surface area (Å²) in [5.74, 6) is 1.83. The van der Waals surface area contributed by atoms with Crippen molar-refractivity contribution in [1.29, 1.82) is 0 Å². The lowest BCUT2D eigenvalue weighted by Crippen LogP contribution is -2.26. The minimum absolute atomic E-state index is 0.0246. The van der Waals surface area contributed by atoms with Crippen LogP contribution < -0.4 is 19.7 Å². The molecular weight excluding hydrogens is 380 g/mol. The highest BCUT2D eigenvalue weighted by Crippen LogP contribution is 2.30. The highest BCUT2D eigenvalue weighted by atomic mass is 16.5. The third-order valence-electron chi connectivity index (χ3n) is 5.25. The molecule has 0 aromatic heterocycles. The van der Waals surface area contributed by atoms with Crippen LogP contribution in [-0.4, -0.2) is 32.1 Å². The maximum atomic E-state index is 12.6. The molecule has 1 heterocycles. The number of ether oxygens (including phenoxy) is 2. The number of hydrogen-bond donors (Lipinski definition) is 1. The van der Waals surface area contributed by atoms with Crippen LogP contribution in [0.5, 0.6) is 11.5 Å². The maximum Gasteiger partial charge on any atom is 0.251 e. The molecule has 0 unspecified atom stereocenters. The molecule has 0 saturated carbocycles. The van der Waals surface area contributed by atoms with Crippen molar-refractivity contribution in [2.24, 2.45) is 5.92 Å². The number of rotatable bonds is 8. The van der Waals surface area contributed by atoms with Gasteiger partial charge in [0, 0.05) is 31.3 Å². The van der Waals surface area contributed by atoms with Crippen molar-refractivity contribution in [3.8, 4) is 11.5 Å². The molecule has 2 aromatic rings. The second kappa shape index (κ2) is 9.65. The minimum Gasteiger partial charge on any atom is -0.493 e. The number of fused-ring (bicyclic) bond motifs is 1. The first-order valence-corrected chi connectivity index (χ1v) is 10.4. The topological polar surface area (TPSA) is 67.9 Å². The summed E-state index contributed by atoms with van der Waals surface area (Å²) in [5, 5.41) is 2.95. The first-order chi connectivity index (χ1) is 14.4. The minimum atomic E-state index is -0.143. The molecule has 0 radical (unpaired) electrons. The molecular formula is C24H30N2O4. The van der Waals surface area contributed by atoms with Gasteiger partial charge < -0.3 is 19.7 Å². The quantitative estimate of drug-likeness (QED) is 0.715. The molecule has 1 N–H and O–H groups in total. The van der Waals surface area contributed by atoms with E-state index in [0.717, 1.165) is 29.7 Å². The number of nitrogens with zero attached hydrogens (tertiary/aromatic N) is 1. The van der Waals surface area contributed by atoms with Crippen LogP contribution in [0.4, 0.5) is 5.69 Å². The first-order valence-electron chi connectivity index (χ1n) is 10.4. The fourth-order valence-electron chi connectivity index (χ4n) is 3.50. The van der Waals surface area contributed by atoms with Gasteiger partial charge in [-0.15, -0.1) is 0 Å². The van der Waals surface area contributed by atoms with Gasteiger partial charge in [-0.3, -0.25) is 9.59 Å². The highest BCUT2D eigenvalue weighted by Gasteiger charge is 2.23. The molecule has 1 aliphatic rings. The number of benzene rings is 2. The molecule has 3 rings (SSSR count). The predicted molar refractivity (Wildman–Crippen MR) is 117 cm³/mol. The Bertz CT molecular complexity index is 923. The Morgan fingerprint density at radius 1 is 1.13 bits per heavy atom. The highest BCUT2D eigenvalue weighted by molar-refractivity contribution is 5.97. The van der Waals surface area contributed by atoms with Gasteiger partial charge in [-0.05, 0) is 60.2 Å². The van der Waals surface area contributed by atoms with Crippen molar-refractivity contribution in [1.82, 2.24) is 5.32 Å². The van der Waals surface area contributed by atoms with E-state index in [9.17, 15) is 9.59 Å². The average Bonchev–Trinajstić information content (AvgIpc) is 3.15. The lowest BCUT2D eigenvalue weighted by molar-refractivity contribution is -0.116. The summed E-state index contributed by atoms with van der Waals surface area (Å²) in [6.07, 6.45) is 1.75. The van der Waals surface area contributed by atoms with Crippen LogP contribution in [0, 0.1) is 5.92 Å². The summed E-state index contributed by atoms with van der Waals surface area (Å²) in [6, 6.07) is 11.2. The summed E-state index contributed by atoms with van der Waals surface area (Å²) in [6.45, 7) is 7.58. The third kappa shape index (κ3) is 5.12. The Balaban J connectivity index is 1.61. The molecule has 0 aliphatic carbocycles. The van der Waals surface area contributed by atoms with E-state index in [-0.39, 0.29) is 11.8 Å². The zero-order chi connectivity index (χ0) is 21.7. The van der Waals surface area contributed by atoms with Crippen LogP contribution in [0.1, 0.15) is 48.7 Å². The van der Waals surface area contributed by atoms with Crippen LogP contribution in [-0.2, 0) is 17.8 Å². The lowest BCUT2D eigenvalue weighted by atomic mass is 10.1. The molecule has 0 fully saturated rings. The van der Waals surface area contributed by atoms with Gasteiger partial charge in [-0.25, -0.2) is 0 Å². The monoisotopic (exact) mass is 410 g/mol. The Morgan fingerprint density at radius 3 is 2.63 bits per heavy atom. The summed E-state index contributed by atoms with van der Waals surface area (Å²) < 4.78 is 11.3. The zero-order valence-electron chi connectivity index (χ0n) is 18.2. The first kappa shape index (κ1) is 21.7. The molecule has 0 saturated heterocycles. The van der Waals surface area contributed by atoms with Gasteiger partial charge >= 0.3 is 0 Å². The van der Waals surface area contributed by atoms with E-state index in [4.69, 9.17) is 9.47 Å². The lowest BCUT2D eigenvalue weighted by Gasteiger charge is -2.15. The van der Waals surface area contributed by atoms with E-state index < -0.39 is 0 Å². The Kier molecular flexibility index (Phi) is 6.98. The third-order valence-corrected chi connectivity index (χ3v) is 5.25. The number of nitrogens with one attached hydrogen (secondary N) is 1. The van der Waals surface area contributed by atoms with E-state index >= 15 is 0 Å². The SMILES string of the molecule is COc1cc(CNC(=O)c2ccc3c(c2)CCN3C(C)=O)ccc1OCCC(C)C. The molecule has 0 atom stereocenters. The van der Waals surface area contributed by atoms with Crippen LogP contribution in [0.15, 0.2) is 36.4 Å². The van der Waals surface area contributed by atoms with Crippen molar-refractivity contribution < 1.29 is 19.1 Å². The van der Waals surface area contributed by atoms with Crippen molar-refractivity contribution in [3.05, 3.63) is 53.1 Å². The van der Waals surface area contributed by atoms with Gasteiger partial charge in [0.2, 0.25) is 5.91 Å². The van der Waals surface area contributed by atoms with Crippen molar-refractivity contribution >= 4 is 17.5 Å². The van der Waals surface area contributed by atoms with Crippen LogP contribution in [0.2, 0.25) is 0 Å². The van der Waals surface area contributed by atoms with Crippen LogP contribution >= 0.6 is 0 Å². The molecule has 1 aliphatic heterocycles. The van der Waals surface area contributed by atoms with Crippen LogP contribution in [0.3, 0.4) is 0 Å². The summed E-state index contributed by atoms with van der Waals surface area (Å²) in [5.41, 5.74) is 3.46. The molecule has 0 bridgehead atoms. The largest absolute Gasteiger partial charge is 0.493 e. The number of hydrogen-bond acceptors (Lipinski definition) is 4. The Labute approximate surface area is 178 Å². The zero-order valence-corrected chi connectivity index (χ0v) is 18.2. The molecule has 0 spiro atoms. The Morgan fingerprint density at radius 2 is 1.93 bits per heavy atom. The number of carbonyl (C=O) groups is 2. The van der Waals surface area contributed by atoms with Gasteiger partial charge in [0.1, 0.15) is 0 Å². The maximum absolute atomic E-state index is 12.6. The van der Waals surface area contributed by atoms with E-state index in [0.29, 0.717) is 42.7 Å². The summed E-state index contributed by atoms with van der Waals surface area (Å²) in [7, 11) is 1.61. The second-order valence-corrected chi connectivity index (χ2v) is 7.96. The van der Waals surface area contributed by atoms with Gasteiger partial charge in [-0.2, -0.15) is 0 Å². The molecule has 6 heteroatoms. The van der Waals surface area contributed by atoms with Gasteiger partial charge in [0.05, 0.1) is 13.7 Å². The van der Waals surface area contributed by atoms with Crippen molar-refractivity contribution in [3.63, 3.8) is 0 Å². The number of methoxy groups -OCH3 is 1. The molecule has 6 nitrogen and oxygen atoms in total. The number of anilines is 1. The summed E-state index contributed by atoms with van der Waals surface area (Å²) >= 11 is 0. The predicted octanol–water partition coefficient (Wildman–Crippen LogP) is 3.96. The van der Waals surface area contributed by atoms with Crippen molar-refractivity contribution in [2.45, 2.75) is 40.2 Å². The number of amides is 2. The van der Waals surface area contributed by atoms with Gasteiger partial charge in [0.15, 0.2) is 11.5 Å². The van der Waals surface area contributed by atoms with E-state index in [1.54, 1.807) is 25.0 Å². The smallest absolute Gasteiger partial charge is 0.251 e. The fraction of sp³-hybridized carbons (Fsp3) is 0.417. The van der Waals surface area contributed by atoms with E-state index in [1.165, 1.54) is 0 Å². The average molecular weight is 411 g/mol. The van der Waals surface area contributed by atoms with E-state index in [2.05, 4.69) is 19.2 Å². The number of carbonyl (C=O) groups excluding carboxylic acids is 2. The second-order valence-electron chi connectivity index (χ2n) is 7.96. The molecule has 30 heavy (non-hydrogen) atoms.